The number of carbonyl (C=O) groups is 1. The van der Waals surface area contributed by atoms with Gasteiger partial charge in [0.1, 0.15) is 0 Å². The van der Waals surface area contributed by atoms with E-state index in [1.165, 1.54) is 17.2 Å². The van der Waals surface area contributed by atoms with Gasteiger partial charge in [0.2, 0.25) is 5.91 Å². The number of anilines is 1. The Balaban J connectivity index is 1.40. The van der Waals surface area contributed by atoms with Crippen molar-refractivity contribution in [2.24, 2.45) is 0 Å². The number of halogens is 4. The number of carbonyl (C=O) groups excluding carboxylic acids is 1. The monoisotopic (exact) mass is 538 g/mol. The summed E-state index contributed by atoms with van der Waals surface area (Å²) in [5, 5.41) is 14.9. The van der Waals surface area contributed by atoms with Crippen LogP contribution >= 0.6 is 11.6 Å². The lowest BCUT2D eigenvalue weighted by Crippen LogP contribution is -2.57. The maximum atomic E-state index is 13.3. The molecule has 2 aliphatic heterocycles. The summed E-state index contributed by atoms with van der Waals surface area (Å²) < 4.78 is 39.8. The number of benzene rings is 3. The van der Waals surface area contributed by atoms with Crippen LogP contribution in [0.3, 0.4) is 0 Å². The van der Waals surface area contributed by atoms with Crippen molar-refractivity contribution in [1.82, 2.24) is 10.2 Å². The zero-order valence-corrected chi connectivity index (χ0v) is 21.3. The first-order chi connectivity index (χ1) is 18.2. The number of hydrogen-bond acceptors (Lipinski definition) is 4. The van der Waals surface area contributed by atoms with Crippen molar-refractivity contribution < 1.29 is 18.0 Å². The Bertz CT molecular complexity index is 1410. The molecular formula is C29H26ClF3N4O. The molecule has 5 rings (SSSR count). The van der Waals surface area contributed by atoms with Crippen LogP contribution in [0.15, 0.2) is 60.7 Å². The normalized spacial score (nSPS) is 17.0. The van der Waals surface area contributed by atoms with Gasteiger partial charge in [0.25, 0.3) is 0 Å². The van der Waals surface area contributed by atoms with Crippen molar-refractivity contribution in [3.63, 3.8) is 0 Å². The molecule has 38 heavy (non-hydrogen) atoms. The SMILES string of the molecule is N#Cc1cccc(-c2ccc3c(c2)CCN(CC(=O)Nc2ccc(Cl)c(C(F)(F)F)c2)C32CCNCC2)c1. The first-order valence-corrected chi connectivity index (χ1v) is 12.8. The van der Waals surface area contributed by atoms with Crippen LogP contribution in [0.2, 0.25) is 5.02 Å². The lowest BCUT2D eigenvalue weighted by atomic mass is 9.74. The molecular weight excluding hydrogens is 513 g/mol. The third-order valence-electron chi connectivity index (χ3n) is 7.51. The average molecular weight is 539 g/mol. The van der Waals surface area contributed by atoms with E-state index >= 15 is 0 Å². The summed E-state index contributed by atoms with van der Waals surface area (Å²) in [6.07, 6.45) is -2.24. The zero-order chi connectivity index (χ0) is 26.9. The molecule has 0 unspecified atom stereocenters. The van der Waals surface area contributed by atoms with E-state index < -0.39 is 16.8 Å². The summed E-state index contributed by atoms with van der Waals surface area (Å²) in [4.78, 5) is 15.2. The highest BCUT2D eigenvalue weighted by atomic mass is 35.5. The number of rotatable bonds is 4. The van der Waals surface area contributed by atoms with Crippen LogP contribution in [-0.2, 0) is 22.9 Å². The van der Waals surface area contributed by atoms with E-state index in [-0.39, 0.29) is 23.7 Å². The van der Waals surface area contributed by atoms with Crippen LogP contribution < -0.4 is 10.6 Å². The fourth-order valence-electron chi connectivity index (χ4n) is 5.69. The molecule has 3 aromatic carbocycles. The predicted octanol–water partition coefficient (Wildman–Crippen LogP) is 5.97. The van der Waals surface area contributed by atoms with Gasteiger partial charge < -0.3 is 10.6 Å². The van der Waals surface area contributed by atoms with Gasteiger partial charge in [-0.25, -0.2) is 0 Å². The first-order valence-electron chi connectivity index (χ1n) is 12.5. The fourth-order valence-corrected chi connectivity index (χ4v) is 5.92. The maximum absolute atomic E-state index is 13.3. The number of piperidine rings is 1. The minimum atomic E-state index is -4.61. The molecule has 0 bridgehead atoms. The molecule has 2 N–H and O–H groups in total. The highest BCUT2D eigenvalue weighted by Gasteiger charge is 2.44. The largest absolute Gasteiger partial charge is 0.417 e. The third kappa shape index (κ3) is 5.14. The molecule has 9 heteroatoms. The maximum Gasteiger partial charge on any atom is 0.417 e. The number of nitrogens with one attached hydrogen (secondary N) is 2. The molecule has 1 fully saturated rings. The highest BCUT2D eigenvalue weighted by molar-refractivity contribution is 6.31. The van der Waals surface area contributed by atoms with Crippen molar-refractivity contribution in [3.8, 4) is 17.2 Å². The summed E-state index contributed by atoms with van der Waals surface area (Å²) in [7, 11) is 0. The van der Waals surface area contributed by atoms with E-state index in [2.05, 4.69) is 39.8 Å². The summed E-state index contributed by atoms with van der Waals surface area (Å²) >= 11 is 5.72. The van der Waals surface area contributed by atoms with Gasteiger partial charge in [-0.3, -0.25) is 9.69 Å². The Labute approximate surface area is 224 Å². The molecule has 0 aromatic heterocycles. The Morgan fingerprint density at radius 2 is 1.84 bits per heavy atom. The third-order valence-corrected chi connectivity index (χ3v) is 7.84. The average Bonchev–Trinajstić information content (AvgIpc) is 2.91. The smallest absolute Gasteiger partial charge is 0.325 e. The van der Waals surface area contributed by atoms with E-state index in [0.29, 0.717) is 12.1 Å². The molecule has 5 nitrogen and oxygen atoms in total. The van der Waals surface area contributed by atoms with Crippen LogP contribution in [-0.4, -0.2) is 37.0 Å². The Hall–Kier alpha value is -3.38. The van der Waals surface area contributed by atoms with Crippen molar-refractivity contribution in [1.29, 1.82) is 5.26 Å². The van der Waals surface area contributed by atoms with Crippen molar-refractivity contribution in [3.05, 3.63) is 87.9 Å². The lowest BCUT2D eigenvalue weighted by molar-refractivity contribution is -0.137. The van der Waals surface area contributed by atoms with Gasteiger partial charge in [0.15, 0.2) is 0 Å². The molecule has 1 saturated heterocycles. The van der Waals surface area contributed by atoms with Crippen LogP contribution in [0.5, 0.6) is 0 Å². The number of hydrogen-bond donors (Lipinski definition) is 2. The number of alkyl halides is 3. The van der Waals surface area contributed by atoms with E-state index in [4.69, 9.17) is 11.6 Å². The molecule has 0 atom stereocenters. The molecule has 196 valence electrons. The quantitative estimate of drug-likeness (QED) is 0.429. The Kier molecular flexibility index (Phi) is 7.19. The molecule has 2 heterocycles. The summed E-state index contributed by atoms with van der Waals surface area (Å²) in [6, 6.07) is 19.5. The van der Waals surface area contributed by atoms with Crippen LogP contribution in [0, 0.1) is 11.3 Å². The Morgan fingerprint density at radius 1 is 1.08 bits per heavy atom. The number of nitriles is 1. The van der Waals surface area contributed by atoms with Gasteiger partial charge in [0, 0.05) is 17.8 Å². The second kappa shape index (κ2) is 10.4. The minimum Gasteiger partial charge on any atom is -0.325 e. The van der Waals surface area contributed by atoms with Crippen LogP contribution in [0.1, 0.15) is 35.1 Å². The zero-order valence-electron chi connectivity index (χ0n) is 20.5. The van der Waals surface area contributed by atoms with Crippen LogP contribution in [0.4, 0.5) is 18.9 Å². The lowest BCUT2D eigenvalue weighted by Gasteiger charge is -2.50. The van der Waals surface area contributed by atoms with Gasteiger partial charge in [-0.2, -0.15) is 18.4 Å². The highest BCUT2D eigenvalue weighted by Crippen LogP contribution is 2.43. The predicted molar refractivity (Wildman–Crippen MR) is 141 cm³/mol. The molecule has 3 aromatic rings. The topological polar surface area (TPSA) is 68.2 Å². The van der Waals surface area contributed by atoms with Gasteiger partial charge >= 0.3 is 6.18 Å². The van der Waals surface area contributed by atoms with Crippen molar-refractivity contribution in [2.45, 2.75) is 31.0 Å². The van der Waals surface area contributed by atoms with Crippen LogP contribution in [0.25, 0.3) is 11.1 Å². The molecule has 1 amide bonds. The van der Waals surface area contributed by atoms with Gasteiger partial charge in [-0.15, -0.1) is 0 Å². The van der Waals surface area contributed by atoms with E-state index in [9.17, 15) is 23.2 Å². The van der Waals surface area contributed by atoms with E-state index in [1.807, 2.05) is 18.2 Å². The van der Waals surface area contributed by atoms with Crippen molar-refractivity contribution in [2.75, 3.05) is 31.5 Å². The second-order valence-corrected chi connectivity index (χ2v) is 10.2. The molecule has 2 aliphatic rings. The number of fused-ring (bicyclic) bond motifs is 2. The Morgan fingerprint density at radius 3 is 2.58 bits per heavy atom. The first kappa shape index (κ1) is 26.2. The van der Waals surface area contributed by atoms with Gasteiger partial charge in [0.05, 0.1) is 28.8 Å². The molecule has 0 aliphatic carbocycles. The minimum absolute atomic E-state index is 0.0627. The van der Waals surface area contributed by atoms with Gasteiger partial charge in [-0.05, 0) is 84.9 Å². The summed E-state index contributed by atoms with van der Waals surface area (Å²) in [6.45, 7) is 2.32. The standard InChI is InChI=1S/C29H26ClF3N4O/c30-26-7-5-23(16-25(26)29(31,32)33)36-27(38)18-37-13-8-22-15-21(20-3-1-2-19(14-20)17-34)4-6-24(22)28(37)9-11-35-12-10-28/h1-7,14-16,35H,8-13,18H2,(H,36,38). The molecule has 0 saturated carbocycles. The van der Waals surface area contributed by atoms with E-state index in [0.717, 1.165) is 55.6 Å². The second-order valence-electron chi connectivity index (χ2n) is 9.76. The summed E-state index contributed by atoms with van der Waals surface area (Å²) in [5.74, 6) is -0.369. The van der Waals surface area contributed by atoms with Gasteiger partial charge in [-0.1, -0.05) is 41.9 Å². The number of amides is 1. The fraction of sp³-hybridized carbons (Fsp3) is 0.310. The number of nitrogens with zero attached hydrogens (tertiary/aromatic N) is 2. The summed E-state index contributed by atoms with van der Waals surface area (Å²) in [5.41, 5.74) is 3.77. The molecule has 0 radical (unpaired) electrons. The van der Waals surface area contributed by atoms with E-state index in [1.54, 1.807) is 6.07 Å². The van der Waals surface area contributed by atoms with Crippen molar-refractivity contribution >= 4 is 23.2 Å². The molecule has 1 spiro atoms.